The third-order valence-electron chi connectivity index (χ3n) is 6.20. The highest BCUT2D eigenvalue weighted by Gasteiger charge is 2.68. The number of esters is 1. The Balaban J connectivity index is 1.43. The predicted octanol–water partition coefficient (Wildman–Crippen LogP) is 5.58. The Morgan fingerprint density at radius 2 is 1.93 bits per heavy atom. The van der Waals surface area contributed by atoms with Crippen molar-refractivity contribution in [3.8, 4) is 5.75 Å². The number of halogens is 3. The number of fused-ring (bicyclic) bond motifs is 1. The minimum Gasteiger partial charge on any atom is -0.493 e. The Labute approximate surface area is 163 Å². The largest absolute Gasteiger partial charge is 0.493 e. The van der Waals surface area contributed by atoms with Crippen LogP contribution in [0, 0.1) is 29.5 Å². The van der Waals surface area contributed by atoms with Crippen LogP contribution < -0.4 is 4.74 Å². The van der Waals surface area contributed by atoms with E-state index >= 15 is 0 Å². The quantitative estimate of drug-likeness (QED) is 0.565. The van der Waals surface area contributed by atoms with Gasteiger partial charge in [0.15, 0.2) is 0 Å². The van der Waals surface area contributed by atoms with Crippen LogP contribution in [0.5, 0.6) is 5.75 Å². The molecular formula is C22H27F3O3. The number of carbonyl (C=O) groups excluding carboxylic acids is 1. The SMILES string of the molecule is CC(C)COC(=O)c1cc(C2CC2)c(OCC2CCC3C(C2)C3(F)F)cc1F. The number of carbonyl (C=O) groups is 1. The van der Waals surface area contributed by atoms with Gasteiger partial charge in [-0.3, -0.25) is 0 Å². The Morgan fingerprint density at radius 3 is 2.57 bits per heavy atom. The van der Waals surface area contributed by atoms with Crippen molar-refractivity contribution >= 4 is 5.97 Å². The second kappa shape index (κ2) is 7.27. The van der Waals surface area contributed by atoms with Crippen LogP contribution in [0.3, 0.4) is 0 Å². The molecule has 0 amide bonds. The lowest BCUT2D eigenvalue weighted by Gasteiger charge is -2.21. The summed E-state index contributed by atoms with van der Waals surface area (Å²) in [6.45, 7) is 4.39. The molecule has 0 aromatic heterocycles. The summed E-state index contributed by atoms with van der Waals surface area (Å²) in [5, 5.41) is 0. The first-order chi connectivity index (χ1) is 13.3. The van der Waals surface area contributed by atoms with Gasteiger partial charge in [-0.25, -0.2) is 18.0 Å². The molecule has 28 heavy (non-hydrogen) atoms. The van der Waals surface area contributed by atoms with Crippen LogP contribution in [0.1, 0.15) is 67.8 Å². The maximum Gasteiger partial charge on any atom is 0.341 e. The molecule has 4 rings (SSSR count). The zero-order valence-electron chi connectivity index (χ0n) is 16.3. The van der Waals surface area contributed by atoms with Crippen LogP contribution in [0.2, 0.25) is 0 Å². The van der Waals surface area contributed by atoms with Gasteiger partial charge in [0, 0.05) is 17.9 Å². The topological polar surface area (TPSA) is 35.5 Å². The third-order valence-corrected chi connectivity index (χ3v) is 6.20. The number of hydrogen-bond donors (Lipinski definition) is 0. The summed E-state index contributed by atoms with van der Waals surface area (Å²) in [5.74, 6) is -3.84. The van der Waals surface area contributed by atoms with E-state index < -0.39 is 29.5 Å². The molecule has 0 saturated heterocycles. The van der Waals surface area contributed by atoms with Gasteiger partial charge in [-0.15, -0.1) is 0 Å². The number of alkyl halides is 2. The Kier molecular flexibility index (Phi) is 5.09. The van der Waals surface area contributed by atoms with Gasteiger partial charge in [-0.05, 0) is 61.5 Å². The van der Waals surface area contributed by atoms with Crippen LogP contribution in [0.15, 0.2) is 12.1 Å². The summed E-state index contributed by atoms with van der Waals surface area (Å²) >= 11 is 0. The molecule has 3 fully saturated rings. The van der Waals surface area contributed by atoms with Crippen LogP contribution in [0.25, 0.3) is 0 Å². The van der Waals surface area contributed by atoms with Gasteiger partial charge in [0.2, 0.25) is 0 Å². The van der Waals surface area contributed by atoms with E-state index in [1.807, 2.05) is 13.8 Å². The fourth-order valence-corrected chi connectivity index (χ4v) is 4.31. The number of hydrogen-bond acceptors (Lipinski definition) is 3. The van der Waals surface area contributed by atoms with E-state index in [-0.39, 0.29) is 29.9 Å². The second-order valence-corrected chi connectivity index (χ2v) is 9.01. The molecule has 0 aliphatic heterocycles. The first kappa shape index (κ1) is 19.6. The molecule has 3 aliphatic rings. The van der Waals surface area contributed by atoms with E-state index in [1.54, 1.807) is 6.07 Å². The molecule has 3 saturated carbocycles. The lowest BCUT2D eigenvalue weighted by molar-refractivity contribution is 0.0453. The first-order valence-corrected chi connectivity index (χ1v) is 10.3. The van der Waals surface area contributed by atoms with Crippen molar-refractivity contribution in [2.45, 2.75) is 57.8 Å². The molecule has 3 nitrogen and oxygen atoms in total. The lowest BCUT2D eigenvalue weighted by atomic mass is 9.90. The van der Waals surface area contributed by atoms with Crippen molar-refractivity contribution in [2.24, 2.45) is 23.7 Å². The highest BCUT2D eigenvalue weighted by atomic mass is 19.3. The van der Waals surface area contributed by atoms with Gasteiger partial charge in [0.1, 0.15) is 11.6 Å². The summed E-state index contributed by atoms with van der Waals surface area (Å²) < 4.78 is 52.7. The van der Waals surface area contributed by atoms with Crippen molar-refractivity contribution in [1.29, 1.82) is 0 Å². The fraction of sp³-hybridized carbons (Fsp3) is 0.682. The van der Waals surface area contributed by atoms with Crippen molar-refractivity contribution in [3.63, 3.8) is 0 Å². The molecule has 1 aromatic carbocycles. The molecular weight excluding hydrogens is 369 g/mol. The Bertz CT molecular complexity index is 758. The fourth-order valence-electron chi connectivity index (χ4n) is 4.31. The monoisotopic (exact) mass is 396 g/mol. The molecule has 3 aliphatic carbocycles. The Morgan fingerprint density at radius 1 is 1.18 bits per heavy atom. The van der Waals surface area contributed by atoms with Crippen molar-refractivity contribution in [2.75, 3.05) is 13.2 Å². The first-order valence-electron chi connectivity index (χ1n) is 10.3. The highest BCUT2D eigenvalue weighted by molar-refractivity contribution is 5.90. The summed E-state index contributed by atoms with van der Waals surface area (Å²) in [5.41, 5.74) is 0.761. The van der Waals surface area contributed by atoms with E-state index in [9.17, 15) is 18.0 Å². The van der Waals surface area contributed by atoms with E-state index in [4.69, 9.17) is 9.47 Å². The zero-order chi connectivity index (χ0) is 20.1. The van der Waals surface area contributed by atoms with Crippen LogP contribution in [-0.4, -0.2) is 25.1 Å². The average molecular weight is 396 g/mol. The summed E-state index contributed by atoms with van der Waals surface area (Å²) in [7, 11) is 0. The third kappa shape index (κ3) is 3.87. The molecule has 0 spiro atoms. The summed E-state index contributed by atoms with van der Waals surface area (Å²) in [4.78, 5) is 12.2. The number of rotatable bonds is 7. The number of ether oxygens (including phenoxy) is 2. The summed E-state index contributed by atoms with van der Waals surface area (Å²) in [6, 6.07) is 2.81. The van der Waals surface area contributed by atoms with E-state index in [2.05, 4.69) is 0 Å². The van der Waals surface area contributed by atoms with Crippen LogP contribution >= 0.6 is 0 Å². The van der Waals surface area contributed by atoms with E-state index in [0.717, 1.165) is 24.8 Å². The van der Waals surface area contributed by atoms with Crippen molar-refractivity contribution < 1.29 is 27.4 Å². The van der Waals surface area contributed by atoms with Gasteiger partial charge in [0.25, 0.3) is 5.92 Å². The van der Waals surface area contributed by atoms with Crippen LogP contribution in [0.4, 0.5) is 13.2 Å². The molecule has 0 bridgehead atoms. The van der Waals surface area contributed by atoms with Gasteiger partial charge in [-0.2, -0.15) is 0 Å². The lowest BCUT2D eigenvalue weighted by Crippen LogP contribution is -2.18. The molecule has 6 heteroatoms. The maximum absolute atomic E-state index is 14.5. The molecule has 0 radical (unpaired) electrons. The predicted molar refractivity (Wildman–Crippen MR) is 98.3 cm³/mol. The normalized spacial score (nSPS) is 28.0. The Hall–Kier alpha value is -1.72. The van der Waals surface area contributed by atoms with Gasteiger partial charge in [0.05, 0.1) is 18.8 Å². The zero-order valence-corrected chi connectivity index (χ0v) is 16.3. The van der Waals surface area contributed by atoms with Gasteiger partial charge < -0.3 is 9.47 Å². The molecule has 1 aromatic rings. The minimum absolute atomic E-state index is 0.0620. The molecule has 0 heterocycles. The second-order valence-electron chi connectivity index (χ2n) is 9.01. The molecule has 154 valence electrons. The standard InChI is InChI=1S/C22H27F3O3/c1-12(2)10-28-21(26)16-8-15(14-4-5-14)20(9-19(16)23)27-11-13-3-6-17-18(7-13)22(17,24)25/h8-9,12-14,17-18H,3-7,10-11H2,1-2H3. The van der Waals surface area contributed by atoms with Crippen LogP contribution in [-0.2, 0) is 4.74 Å². The number of benzene rings is 1. The van der Waals surface area contributed by atoms with Gasteiger partial charge in [-0.1, -0.05) is 13.8 Å². The van der Waals surface area contributed by atoms with E-state index in [1.165, 1.54) is 6.07 Å². The minimum atomic E-state index is -2.50. The van der Waals surface area contributed by atoms with Gasteiger partial charge >= 0.3 is 5.97 Å². The summed E-state index contributed by atoms with van der Waals surface area (Å²) in [6.07, 6.45) is 3.68. The smallest absolute Gasteiger partial charge is 0.341 e. The highest BCUT2D eigenvalue weighted by Crippen LogP contribution is 2.63. The average Bonchev–Trinajstić information content (AvgIpc) is 3.56. The molecule has 3 unspecified atom stereocenters. The molecule has 3 atom stereocenters. The van der Waals surface area contributed by atoms with Crippen molar-refractivity contribution in [3.05, 3.63) is 29.1 Å². The maximum atomic E-state index is 14.5. The van der Waals surface area contributed by atoms with E-state index in [0.29, 0.717) is 25.2 Å². The van der Waals surface area contributed by atoms with Crippen molar-refractivity contribution in [1.82, 2.24) is 0 Å². The molecule has 0 N–H and O–H groups in total.